The van der Waals surface area contributed by atoms with Crippen molar-refractivity contribution in [3.05, 3.63) is 64.4 Å². The summed E-state index contributed by atoms with van der Waals surface area (Å²) < 4.78 is 14.1. The van der Waals surface area contributed by atoms with Gasteiger partial charge >= 0.3 is 0 Å². The van der Waals surface area contributed by atoms with Gasteiger partial charge in [0.25, 0.3) is 5.56 Å². The fourth-order valence-corrected chi connectivity index (χ4v) is 3.57. The van der Waals surface area contributed by atoms with E-state index in [2.05, 4.69) is 10.4 Å². The largest absolute Gasteiger partial charge is 0.494 e. The number of hydrogen-bond acceptors (Lipinski definition) is 5. The summed E-state index contributed by atoms with van der Waals surface area (Å²) in [5.74, 6) is 1.12. The van der Waals surface area contributed by atoms with Crippen molar-refractivity contribution in [3.8, 4) is 5.75 Å². The lowest BCUT2D eigenvalue weighted by Crippen LogP contribution is -2.38. The molecule has 1 amide bonds. The lowest BCUT2D eigenvalue weighted by Gasteiger charge is -2.17. The zero-order valence-electron chi connectivity index (χ0n) is 17.2. The third-order valence-corrected chi connectivity index (χ3v) is 5.12. The quantitative estimate of drug-likeness (QED) is 0.507. The number of aryl methyl sites for hydroxylation is 1. The van der Waals surface area contributed by atoms with Gasteiger partial charge in [-0.05, 0) is 19.9 Å². The second-order valence-corrected chi connectivity index (χ2v) is 6.99. The highest BCUT2D eigenvalue weighted by Crippen LogP contribution is 2.21. The van der Waals surface area contributed by atoms with Crippen LogP contribution in [0.1, 0.15) is 38.2 Å². The molecule has 8 heteroatoms. The highest BCUT2D eigenvalue weighted by atomic mass is 16.5. The maximum Gasteiger partial charge on any atom is 0.291 e. The van der Waals surface area contributed by atoms with Gasteiger partial charge in [-0.3, -0.25) is 14.0 Å². The summed E-state index contributed by atoms with van der Waals surface area (Å²) in [6, 6.07) is 10.3. The summed E-state index contributed by atoms with van der Waals surface area (Å²) in [5.41, 5.74) is 2.39. The lowest BCUT2D eigenvalue weighted by molar-refractivity contribution is -0.124. The molecule has 0 bridgehead atoms. The molecule has 0 spiro atoms. The van der Waals surface area contributed by atoms with Crippen LogP contribution in [0, 0.1) is 0 Å². The highest BCUT2D eigenvalue weighted by Gasteiger charge is 2.22. The summed E-state index contributed by atoms with van der Waals surface area (Å²) in [4.78, 5) is 25.9. The number of carbonyl (C=O) groups is 1. The van der Waals surface area contributed by atoms with E-state index in [4.69, 9.17) is 9.15 Å². The van der Waals surface area contributed by atoms with Gasteiger partial charge in [-0.25, -0.2) is 4.68 Å². The van der Waals surface area contributed by atoms with Crippen LogP contribution >= 0.6 is 0 Å². The fourth-order valence-electron chi connectivity index (χ4n) is 3.57. The average molecular weight is 408 g/mol. The number of para-hydroxylation sites is 1. The zero-order chi connectivity index (χ0) is 21.3. The van der Waals surface area contributed by atoms with Crippen molar-refractivity contribution in [2.45, 2.75) is 39.8 Å². The average Bonchev–Trinajstić information content (AvgIpc) is 3.35. The van der Waals surface area contributed by atoms with Crippen LogP contribution in [0.15, 0.2) is 51.9 Å². The van der Waals surface area contributed by atoms with Gasteiger partial charge in [0.2, 0.25) is 5.91 Å². The van der Waals surface area contributed by atoms with Gasteiger partial charge in [0.15, 0.2) is 5.58 Å². The number of furan rings is 1. The molecule has 1 atom stereocenters. The Hall–Kier alpha value is -3.55. The molecular formula is C22H24N4O4. The van der Waals surface area contributed by atoms with Crippen LogP contribution in [0.2, 0.25) is 0 Å². The lowest BCUT2D eigenvalue weighted by atomic mass is 10.2. The Balaban J connectivity index is 1.63. The summed E-state index contributed by atoms with van der Waals surface area (Å²) in [7, 11) is 0. The van der Waals surface area contributed by atoms with E-state index in [0.717, 1.165) is 16.8 Å². The number of rotatable bonds is 7. The van der Waals surface area contributed by atoms with Gasteiger partial charge < -0.3 is 14.5 Å². The monoisotopic (exact) mass is 408 g/mol. The molecule has 0 unspecified atom stereocenters. The number of hydrogen-bond donors (Lipinski definition) is 1. The Kier molecular flexibility index (Phi) is 5.31. The Morgan fingerprint density at radius 3 is 2.80 bits per heavy atom. The minimum absolute atomic E-state index is 0.294. The van der Waals surface area contributed by atoms with Crippen molar-refractivity contribution >= 4 is 22.5 Å². The molecule has 8 nitrogen and oxygen atoms in total. The van der Waals surface area contributed by atoms with E-state index < -0.39 is 6.04 Å². The molecule has 0 radical (unpaired) electrons. The van der Waals surface area contributed by atoms with E-state index in [1.165, 1.54) is 4.68 Å². The summed E-state index contributed by atoms with van der Waals surface area (Å²) in [6.45, 7) is 6.38. The van der Waals surface area contributed by atoms with Gasteiger partial charge in [0, 0.05) is 30.7 Å². The predicted octanol–water partition coefficient (Wildman–Crippen LogP) is 3.08. The van der Waals surface area contributed by atoms with Gasteiger partial charge in [0.1, 0.15) is 23.1 Å². The molecule has 3 heterocycles. The van der Waals surface area contributed by atoms with Crippen molar-refractivity contribution in [1.82, 2.24) is 19.5 Å². The summed E-state index contributed by atoms with van der Waals surface area (Å²) in [5, 5.41) is 7.37. The first-order valence-electron chi connectivity index (χ1n) is 10.0. The van der Waals surface area contributed by atoms with Crippen LogP contribution in [0.3, 0.4) is 0 Å². The topological polar surface area (TPSA) is 90.8 Å². The van der Waals surface area contributed by atoms with Crippen molar-refractivity contribution in [3.63, 3.8) is 0 Å². The van der Waals surface area contributed by atoms with Crippen molar-refractivity contribution < 1.29 is 13.9 Å². The van der Waals surface area contributed by atoms with Crippen LogP contribution in [0.5, 0.6) is 5.75 Å². The first-order valence-corrected chi connectivity index (χ1v) is 10.0. The number of aromatic nitrogens is 3. The molecule has 0 aliphatic heterocycles. The Morgan fingerprint density at radius 2 is 2.03 bits per heavy atom. The first kappa shape index (κ1) is 19.8. The molecule has 4 aromatic rings. The van der Waals surface area contributed by atoms with Crippen molar-refractivity contribution in [1.29, 1.82) is 0 Å². The van der Waals surface area contributed by atoms with E-state index in [1.807, 2.05) is 38.1 Å². The maximum atomic E-state index is 13.1. The summed E-state index contributed by atoms with van der Waals surface area (Å²) in [6.07, 6.45) is 2.18. The number of carbonyl (C=O) groups excluding carboxylic acids is 1. The number of benzene rings is 1. The van der Waals surface area contributed by atoms with E-state index in [1.54, 1.807) is 29.7 Å². The Bertz CT molecular complexity index is 1270. The molecule has 156 valence electrons. The molecule has 0 aliphatic carbocycles. The van der Waals surface area contributed by atoms with E-state index in [-0.39, 0.29) is 11.5 Å². The van der Waals surface area contributed by atoms with Gasteiger partial charge in [-0.1, -0.05) is 25.1 Å². The molecule has 0 saturated heterocycles. The number of nitrogens with one attached hydrogen (secondary N) is 1. The minimum Gasteiger partial charge on any atom is -0.494 e. The first-order chi connectivity index (χ1) is 14.5. The van der Waals surface area contributed by atoms with Crippen LogP contribution in [0.25, 0.3) is 16.6 Å². The molecular weight excluding hydrogens is 384 g/mol. The van der Waals surface area contributed by atoms with Crippen LogP contribution in [-0.4, -0.2) is 26.7 Å². The highest BCUT2D eigenvalue weighted by molar-refractivity contribution is 5.83. The second kappa shape index (κ2) is 8.06. The molecule has 4 rings (SSSR count). The normalized spacial score (nSPS) is 12.4. The van der Waals surface area contributed by atoms with Crippen LogP contribution in [-0.2, 0) is 17.8 Å². The Morgan fingerprint density at radius 1 is 1.23 bits per heavy atom. The standard InChI is InChI=1S/C22H24N4O4/c1-4-20-24-26(22(28)17-12-19-16(25(17)20)10-11-30-19)14(3)21(27)23-13-15-8-6-7-9-18(15)29-5-2/h6-12,14H,4-5,13H2,1-3H3,(H,23,27)/t14-/m1/s1. The fraction of sp³-hybridized carbons (Fsp3) is 0.318. The maximum absolute atomic E-state index is 13.1. The van der Waals surface area contributed by atoms with E-state index in [9.17, 15) is 9.59 Å². The molecule has 30 heavy (non-hydrogen) atoms. The smallest absolute Gasteiger partial charge is 0.291 e. The minimum atomic E-state index is -0.770. The molecule has 3 aromatic heterocycles. The molecule has 0 aliphatic rings. The number of fused-ring (bicyclic) bond motifs is 3. The van der Waals surface area contributed by atoms with Crippen LogP contribution in [0.4, 0.5) is 0 Å². The molecule has 1 N–H and O–H groups in total. The SMILES string of the molecule is CCOc1ccccc1CNC(=O)[C@@H](C)n1nc(CC)n2c(cc3occc32)c1=O. The van der Waals surface area contributed by atoms with E-state index in [0.29, 0.717) is 36.5 Å². The third-order valence-electron chi connectivity index (χ3n) is 5.12. The Labute approximate surface area is 173 Å². The van der Waals surface area contributed by atoms with Crippen molar-refractivity contribution in [2.24, 2.45) is 0 Å². The van der Waals surface area contributed by atoms with E-state index >= 15 is 0 Å². The molecule has 1 aromatic carbocycles. The van der Waals surface area contributed by atoms with Gasteiger partial charge in [-0.2, -0.15) is 5.10 Å². The zero-order valence-corrected chi connectivity index (χ0v) is 17.2. The van der Waals surface area contributed by atoms with Crippen molar-refractivity contribution in [2.75, 3.05) is 6.61 Å². The second-order valence-electron chi connectivity index (χ2n) is 6.99. The number of ether oxygens (including phenoxy) is 1. The molecule has 0 fully saturated rings. The predicted molar refractivity (Wildman–Crippen MR) is 113 cm³/mol. The summed E-state index contributed by atoms with van der Waals surface area (Å²) >= 11 is 0. The van der Waals surface area contributed by atoms with Crippen LogP contribution < -0.4 is 15.6 Å². The third kappa shape index (κ3) is 3.34. The van der Waals surface area contributed by atoms with Gasteiger partial charge in [-0.15, -0.1) is 0 Å². The number of amides is 1. The van der Waals surface area contributed by atoms with Gasteiger partial charge in [0.05, 0.1) is 18.4 Å². The number of nitrogens with zero attached hydrogens (tertiary/aromatic N) is 3. The molecule has 0 saturated carbocycles.